The molecular formula is C16H16BrN5O2. The lowest BCUT2D eigenvalue weighted by Gasteiger charge is -2.13. The van der Waals surface area contributed by atoms with Crippen LogP contribution in [0.4, 0.5) is 0 Å². The molecule has 0 radical (unpaired) electrons. The summed E-state index contributed by atoms with van der Waals surface area (Å²) in [7, 11) is 1.86. The molecule has 24 heavy (non-hydrogen) atoms. The Hall–Kier alpha value is -2.48. The predicted molar refractivity (Wildman–Crippen MR) is 92.1 cm³/mol. The van der Waals surface area contributed by atoms with Crippen molar-refractivity contribution in [2.45, 2.75) is 19.4 Å². The molecule has 0 aliphatic carbocycles. The Morgan fingerprint density at radius 3 is 2.88 bits per heavy atom. The molecule has 0 aliphatic heterocycles. The van der Waals surface area contributed by atoms with Gasteiger partial charge in [-0.3, -0.25) is 18.7 Å². The van der Waals surface area contributed by atoms with Crippen LogP contribution in [0.5, 0.6) is 0 Å². The van der Waals surface area contributed by atoms with Crippen molar-refractivity contribution in [1.29, 1.82) is 0 Å². The molecule has 0 fully saturated rings. The van der Waals surface area contributed by atoms with Crippen LogP contribution in [0.25, 0.3) is 5.65 Å². The lowest BCUT2D eigenvalue weighted by Crippen LogP contribution is -2.34. The molecule has 1 N–H and O–H groups in total. The Bertz CT molecular complexity index is 914. The number of hydrogen-bond acceptors (Lipinski definition) is 4. The topological polar surface area (TPSA) is 81.3 Å². The molecule has 0 spiro atoms. The molecule has 1 atom stereocenters. The number of rotatable bonds is 5. The average Bonchev–Trinajstić information content (AvgIpc) is 3.13. The number of hydrogen-bond donors (Lipinski definition) is 1. The van der Waals surface area contributed by atoms with E-state index in [1.54, 1.807) is 27.5 Å². The highest BCUT2D eigenvalue weighted by Gasteiger charge is 2.15. The van der Waals surface area contributed by atoms with Gasteiger partial charge in [0.05, 0.1) is 22.4 Å². The number of carbonyl (C=O) groups excluding carboxylic acids is 2. The summed E-state index contributed by atoms with van der Waals surface area (Å²) in [6.07, 6.45) is 8.19. The van der Waals surface area contributed by atoms with Crippen LogP contribution in [0.15, 0.2) is 35.3 Å². The summed E-state index contributed by atoms with van der Waals surface area (Å²) < 4.78 is 3.98. The number of nitrogens with zero attached hydrogens (tertiary/aromatic N) is 4. The molecule has 3 rings (SSSR count). The number of halogens is 1. The van der Waals surface area contributed by atoms with E-state index in [0.717, 1.165) is 5.56 Å². The van der Waals surface area contributed by atoms with Gasteiger partial charge in [-0.1, -0.05) is 0 Å². The van der Waals surface area contributed by atoms with Crippen LogP contribution in [-0.2, 0) is 13.5 Å². The van der Waals surface area contributed by atoms with E-state index in [1.807, 2.05) is 20.2 Å². The van der Waals surface area contributed by atoms with E-state index in [9.17, 15) is 9.59 Å². The van der Waals surface area contributed by atoms with Gasteiger partial charge in [0.25, 0.3) is 5.91 Å². The van der Waals surface area contributed by atoms with E-state index in [4.69, 9.17) is 0 Å². The van der Waals surface area contributed by atoms with Crippen molar-refractivity contribution >= 4 is 33.8 Å². The number of fused-ring (bicyclic) bond motifs is 1. The highest BCUT2D eigenvalue weighted by molar-refractivity contribution is 9.10. The summed E-state index contributed by atoms with van der Waals surface area (Å²) in [6, 6.07) is 1.65. The van der Waals surface area contributed by atoms with E-state index in [0.29, 0.717) is 34.1 Å². The first-order valence-electron chi connectivity index (χ1n) is 7.38. The van der Waals surface area contributed by atoms with Crippen LogP contribution in [0.2, 0.25) is 0 Å². The minimum absolute atomic E-state index is 0.0514. The molecular weight excluding hydrogens is 374 g/mol. The maximum absolute atomic E-state index is 12.5. The normalized spacial score (nSPS) is 12.3. The minimum Gasteiger partial charge on any atom is -0.349 e. The molecule has 124 valence electrons. The van der Waals surface area contributed by atoms with Gasteiger partial charge < -0.3 is 5.32 Å². The summed E-state index contributed by atoms with van der Waals surface area (Å²) in [6.45, 7) is 1.94. The molecule has 0 saturated heterocycles. The number of pyridine rings is 1. The molecule has 3 aromatic rings. The smallest absolute Gasteiger partial charge is 0.253 e. The minimum atomic E-state index is -0.209. The van der Waals surface area contributed by atoms with Crippen LogP contribution in [0, 0.1) is 0 Å². The molecule has 1 amide bonds. The van der Waals surface area contributed by atoms with Crippen molar-refractivity contribution in [2.75, 3.05) is 0 Å². The van der Waals surface area contributed by atoms with E-state index in [2.05, 4.69) is 31.3 Å². The second kappa shape index (κ2) is 6.56. The molecule has 8 heteroatoms. The average molecular weight is 390 g/mol. The highest BCUT2D eigenvalue weighted by atomic mass is 79.9. The molecule has 3 heterocycles. The molecule has 0 aromatic carbocycles. The van der Waals surface area contributed by atoms with Gasteiger partial charge in [0.2, 0.25) is 0 Å². The second-order valence-electron chi connectivity index (χ2n) is 5.67. The van der Waals surface area contributed by atoms with Gasteiger partial charge in [-0.2, -0.15) is 5.10 Å². The van der Waals surface area contributed by atoms with Gasteiger partial charge in [0.1, 0.15) is 5.69 Å². The van der Waals surface area contributed by atoms with Gasteiger partial charge in [-0.05, 0) is 40.9 Å². The zero-order valence-corrected chi connectivity index (χ0v) is 14.8. The monoisotopic (exact) mass is 389 g/mol. The van der Waals surface area contributed by atoms with E-state index >= 15 is 0 Å². The van der Waals surface area contributed by atoms with E-state index < -0.39 is 0 Å². The van der Waals surface area contributed by atoms with Crippen molar-refractivity contribution in [2.24, 2.45) is 7.05 Å². The summed E-state index contributed by atoms with van der Waals surface area (Å²) in [5.41, 5.74) is 2.49. The molecule has 0 saturated carbocycles. The Balaban J connectivity index is 1.79. The summed E-state index contributed by atoms with van der Waals surface area (Å²) in [5.74, 6) is -0.209. The molecule has 3 aromatic heterocycles. The first-order chi connectivity index (χ1) is 11.5. The van der Waals surface area contributed by atoms with Gasteiger partial charge >= 0.3 is 0 Å². The van der Waals surface area contributed by atoms with Gasteiger partial charge in [-0.25, -0.2) is 4.98 Å². The number of amides is 1. The van der Waals surface area contributed by atoms with Crippen molar-refractivity contribution in [3.63, 3.8) is 0 Å². The van der Waals surface area contributed by atoms with E-state index in [-0.39, 0.29) is 11.9 Å². The van der Waals surface area contributed by atoms with Crippen LogP contribution < -0.4 is 5.32 Å². The van der Waals surface area contributed by atoms with Crippen LogP contribution in [0.3, 0.4) is 0 Å². The number of imidazole rings is 1. The number of aryl methyl sites for hydroxylation is 1. The second-order valence-corrected chi connectivity index (χ2v) is 6.53. The zero-order chi connectivity index (χ0) is 17.3. The zero-order valence-electron chi connectivity index (χ0n) is 13.2. The summed E-state index contributed by atoms with van der Waals surface area (Å²) in [4.78, 5) is 27.7. The quantitative estimate of drug-likeness (QED) is 0.676. The largest absolute Gasteiger partial charge is 0.349 e. The Morgan fingerprint density at radius 2 is 2.21 bits per heavy atom. The maximum atomic E-state index is 12.5. The lowest BCUT2D eigenvalue weighted by molar-refractivity contribution is 0.0939. The molecule has 1 unspecified atom stereocenters. The third-order valence-electron chi connectivity index (χ3n) is 3.65. The van der Waals surface area contributed by atoms with Gasteiger partial charge in [-0.15, -0.1) is 0 Å². The highest BCUT2D eigenvalue weighted by Crippen LogP contribution is 2.20. The number of aldehydes is 1. The summed E-state index contributed by atoms with van der Waals surface area (Å²) >= 11 is 3.39. The van der Waals surface area contributed by atoms with Crippen molar-refractivity contribution in [1.82, 2.24) is 24.5 Å². The Kier molecular flexibility index (Phi) is 4.48. The van der Waals surface area contributed by atoms with Crippen LogP contribution in [0.1, 0.15) is 33.3 Å². The fourth-order valence-corrected chi connectivity index (χ4v) is 3.10. The fourth-order valence-electron chi connectivity index (χ4n) is 2.56. The van der Waals surface area contributed by atoms with Gasteiger partial charge in [0.15, 0.2) is 11.9 Å². The number of carbonyl (C=O) groups is 2. The van der Waals surface area contributed by atoms with Crippen LogP contribution >= 0.6 is 15.9 Å². The van der Waals surface area contributed by atoms with Crippen molar-refractivity contribution in [3.8, 4) is 0 Å². The summed E-state index contributed by atoms with van der Waals surface area (Å²) in [5, 5.41) is 7.08. The third kappa shape index (κ3) is 3.23. The first-order valence-corrected chi connectivity index (χ1v) is 8.17. The predicted octanol–water partition coefficient (Wildman–Crippen LogP) is 2.00. The SMILES string of the molecule is CC(Cc1cnn(C)c1)NC(=O)c1cc(Br)c2ncc(C=O)n2c1. The Morgan fingerprint density at radius 1 is 1.42 bits per heavy atom. The number of aromatic nitrogens is 4. The standard InChI is InChI=1S/C16H16BrN5O2/c1-10(3-11-5-19-21(2)7-11)20-16(24)12-4-14(17)15-18-6-13(9-23)22(15)8-12/h4-10H,3H2,1-2H3,(H,20,24). The van der Waals surface area contributed by atoms with Crippen molar-refractivity contribution < 1.29 is 9.59 Å². The Labute approximate surface area is 146 Å². The molecule has 0 aliphatic rings. The molecule has 7 nitrogen and oxygen atoms in total. The lowest BCUT2D eigenvalue weighted by atomic mass is 10.1. The van der Waals surface area contributed by atoms with Crippen molar-refractivity contribution in [3.05, 3.63) is 52.1 Å². The van der Waals surface area contributed by atoms with Crippen LogP contribution in [-0.4, -0.2) is 37.4 Å². The number of nitrogens with one attached hydrogen (secondary N) is 1. The third-order valence-corrected chi connectivity index (χ3v) is 4.23. The fraction of sp³-hybridized carbons (Fsp3) is 0.250. The maximum Gasteiger partial charge on any atom is 0.253 e. The van der Waals surface area contributed by atoms with Gasteiger partial charge in [0, 0.05) is 25.5 Å². The first kappa shape index (κ1) is 16.4. The molecule has 0 bridgehead atoms. The van der Waals surface area contributed by atoms with E-state index in [1.165, 1.54) is 6.20 Å².